The van der Waals surface area contributed by atoms with Crippen LogP contribution in [-0.4, -0.2) is 11.5 Å². The van der Waals surface area contributed by atoms with Crippen molar-refractivity contribution in [1.29, 1.82) is 0 Å². The zero-order valence-corrected chi connectivity index (χ0v) is 9.16. The van der Waals surface area contributed by atoms with Crippen LogP contribution < -0.4 is 5.73 Å². The maximum atomic E-state index is 13.1. The van der Waals surface area contributed by atoms with Crippen molar-refractivity contribution >= 4 is 0 Å². The lowest BCUT2D eigenvalue weighted by Gasteiger charge is -2.04. The molecule has 0 aliphatic carbocycles. The van der Waals surface area contributed by atoms with Gasteiger partial charge in [0.15, 0.2) is 11.6 Å². The monoisotopic (exact) mass is 234 g/mol. The summed E-state index contributed by atoms with van der Waals surface area (Å²) in [6.45, 7) is 0.543. The summed E-state index contributed by atoms with van der Waals surface area (Å²) in [5.74, 6) is -1.72. The minimum absolute atomic E-state index is 0.543. The Balaban J connectivity index is 2.38. The summed E-state index contributed by atoms with van der Waals surface area (Å²) in [5, 5.41) is 0. The molecular formula is C13H12F2N2. The van der Waals surface area contributed by atoms with Gasteiger partial charge in [0.2, 0.25) is 0 Å². The summed E-state index contributed by atoms with van der Waals surface area (Å²) in [5.41, 5.74) is 7.67. The molecule has 1 aromatic carbocycles. The zero-order valence-electron chi connectivity index (χ0n) is 9.16. The highest BCUT2D eigenvalue weighted by molar-refractivity contribution is 5.59. The number of benzene rings is 1. The summed E-state index contributed by atoms with van der Waals surface area (Å²) in [4.78, 5) is 4.13. The van der Waals surface area contributed by atoms with Crippen molar-refractivity contribution in [2.24, 2.45) is 5.73 Å². The highest BCUT2D eigenvalue weighted by atomic mass is 19.2. The molecule has 0 unspecified atom stereocenters. The molecule has 0 saturated heterocycles. The van der Waals surface area contributed by atoms with Gasteiger partial charge in [-0.2, -0.15) is 0 Å². The van der Waals surface area contributed by atoms with Crippen molar-refractivity contribution < 1.29 is 8.78 Å². The molecule has 17 heavy (non-hydrogen) atoms. The van der Waals surface area contributed by atoms with E-state index in [2.05, 4.69) is 4.98 Å². The second-order valence-electron chi connectivity index (χ2n) is 3.72. The molecule has 2 rings (SSSR count). The molecule has 2 aromatic rings. The SMILES string of the molecule is NCCc1ccnc(-c2ccc(F)c(F)c2)c1. The Morgan fingerprint density at radius 2 is 1.88 bits per heavy atom. The first kappa shape index (κ1) is 11.7. The van der Waals surface area contributed by atoms with Crippen LogP contribution in [0.5, 0.6) is 0 Å². The Morgan fingerprint density at radius 3 is 2.59 bits per heavy atom. The highest BCUT2D eigenvalue weighted by Crippen LogP contribution is 2.20. The van der Waals surface area contributed by atoms with Gasteiger partial charge in [-0.3, -0.25) is 4.98 Å². The van der Waals surface area contributed by atoms with E-state index in [1.165, 1.54) is 6.07 Å². The topological polar surface area (TPSA) is 38.9 Å². The van der Waals surface area contributed by atoms with Crippen LogP contribution >= 0.6 is 0 Å². The predicted octanol–water partition coefficient (Wildman–Crippen LogP) is 2.53. The first-order valence-corrected chi connectivity index (χ1v) is 5.31. The lowest BCUT2D eigenvalue weighted by molar-refractivity contribution is 0.509. The van der Waals surface area contributed by atoms with Gasteiger partial charge in [0.25, 0.3) is 0 Å². The zero-order chi connectivity index (χ0) is 12.3. The molecular weight excluding hydrogens is 222 g/mol. The highest BCUT2D eigenvalue weighted by Gasteiger charge is 2.05. The first-order chi connectivity index (χ1) is 8.20. The van der Waals surface area contributed by atoms with Crippen molar-refractivity contribution in [3.8, 4) is 11.3 Å². The largest absolute Gasteiger partial charge is 0.330 e. The standard InChI is InChI=1S/C13H12F2N2/c14-11-2-1-10(8-12(11)15)13-7-9(3-5-16)4-6-17-13/h1-2,4,6-8H,3,5,16H2. The van der Waals surface area contributed by atoms with Gasteiger partial charge in [-0.25, -0.2) is 8.78 Å². The van der Waals surface area contributed by atoms with Crippen molar-refractivity contribution in [2.75, 3.05) is 6.54 Å². The number of pyridine rings is 1. The summed E-state index contributed by atoms with van der Waals surface area (Å²) >= 11 is 0. The first-order valence-electron chi connectivity index (χ1n) is 5.31. The molecule has 0 saturated carbocycles. The molecule has 0 radical (unpaired) electrons. The van der Waals surface area contributed by atoms with Crippen LogP contribution in [0.1, 0.15) is 5.56 Å². The molecule has 0 bridgehead atoms. The molecule has 4 heteroatoms. The van der Waals surface area contributed by atoms with Gasteiger partial charge in [-0.1, -0.05) is 0 Å². The smallest absolute Gasteiger partial charge is 0.159 e. The Kier molecular flexibility index (Phi) is 3.44. The third-order valence-electron chi connectivity index (χ3n) is 2.47. The van der Waals surface area contributed by atoms with E-state index in [0.29, 0.717) is 17.8 Å². The number of aromatic nitrogens is 1. The van der Waals surface area contributed by atoms with Gasteiger partial charge in [0.1, 0.15) is 0 Å². The van der Waals surface area contributed by atoms with Crippen LogP contribution in [0.3, 0.4) is 0 Å². The van der Waals surface area contributed by atoms with Crippen LogP contribution in [-0.2, 0) is 6.42 Å². The summed E-state index contributed by atoms with van der Waals surface area (Å²) in [7, 11) is 0. The van der Waals surface area contributed by atoms with Crippen LogP contribution in [0, 0.1) is 11.6 Å². The van der Waals surface area contributed by atoms with Crippen LogP contribution in [0.25, 0.3) is 11.3 Å². The fraction of sp³-hybridized carbons (Fsp3) is 0.154. The van der Waals surface area contributed by atoms with Crippen LogP contribution in [0.2, 0.25) is 0 Å². The number of rotatable bonds is 3. The fourth-order valence-corrected chi connectivity index (χ4v) is 1.61. The number of hydrogen-bond acceptors (Lipinski definition) is 2. The average molecular weight is 234 g/mol. The van der Waals surface area contributed by atoms with E-state index in [1.807, 2.05) is 12.1 Å². The average Bonchev–Trinajstić information content (AvgIpc) is 2.33. The molecule has 88 valence electrons. The van der Waals surface area contributed by atoms with Gasteiger partial charge in [0, 0.05) is 11.8 Å². The van der Waals surface area contributed by atoms with E-state index >= 15 is 0 Å². The molecule has 0 spiro atoms. The summed E-state index contributed by atoms with van der Waals surface area (Å²) in [6.07, 6.45) is 2.38. The normalized spacial score (nSPS) is 10.5. The molecule has 2 nitrogen and oxygen atoms in total. The van der Waals surface area contributed by atoms with Crippen LogP contribution in [0.15, 0.2) is 36.5 Å². The molecule has 0 aliphatic rings. The van der Waals surface area contributed by atoms with E-state index in [9.17, 15) is 8.78 Å². The van der Waals surface area contributed by atoms with Crippen molar-refractivity contribution in [1.82, 2.24) is 4.98 Å². The van der Waals surface area contributed by atoms with Gasteiger partial charge in [-0.15, -0.1) is 0 Å². The van der Waals surface area contributed by atoms with E-state index in [4.69, 9.17) is 5.73 Å². The third kappa shape index (κ3) is 2.65. The number of nitrogens with two attached hydrogens (primary N) is 1. The summed E-state index contributed by atoms with van der Waals surface area (Å²) in [6, 6.07) is 7.44. The van der Waals surface area contributed by atoms with Gasteiger partial charge < -0.3 is 5.73 Å². The van der Waals surface area contributed by atoms with Gasteiger partial charge in [0.05, 0.1) is 5.69 Å². The van der Waals surface area contributed by atoms with E-state index < -0.39 is 11.6 Å². The van der Waals surface area contributed by atoms with E-state index in [-0.39, 0.29) is 0 Å². The maximum Gasteiger partial charge on any atom is 0.159 e. The molecule has 1 heterocycles. The summed E-state index contributed by atoms with van der Waals surface area (Å²) < 4.78 is 25.9. The maximum absolute atomic E-state index is 13.1. The number of hydrogen-bond donors (Lipinski definition) is 1. The van der Waals surface area contributed by atoms with Crippen LogP contribution in [0.4, 0.5) is 8.78 Å². The third-order valence-corrected chi connectivity index (χ3v) is 2.47. The second kappa shape index (κ2) is 5.01. The van der Waals surface area contributed by atoms with Gasteiger partial charge in [-0.05, 0) is 48.9 Å². The fourth-order valence-electron chi connectivity index (χ4n) is 1.61. The predicted molar refractivity (Wildman–Crippen MR) is 62.3 cm³/mol. The minimum Gasteiger partial charge on any atom is -0.330 e. The number of halogens is 2. The second-order valence-corrected chi connectivity index (χ2v) is 3.72. The lowest BCUT2D eigenvalue weighted by Crippen LogP contribution is -2.02. The Bertz CT molecular complexity index is 527. The molecule has 0 amide bonds. The molecule has 1 aromatic heterocycles. The van der Waals surface area contributed by atoms with Gasteiger partial charge >= 0.3 is 0 Å². The van der Waals surface area contributed by atoms with E-state index in [1.54, 1.807) is 6.20 Å². The molecule has 0 aliphatic heterocycles. The van der Waals surface area contributed by atoms with Crippen molar-refractivity contribution in [3.63, 3.8) is 0 Å². The number of nitrogens with zero attached hydrogens (tertiary/aromatic N) is 1. The molecule has 0 atom stereocenters. The quantitative estimate of drug-likeness (QED) is 0.886. The lowest BCUT2D eigenvalue weighted by atomic mass is 10.1. The minimum atomic E-state index is -0.867. The van der Waals surface area contributed by atoms with Crippen molar-refractivity contribution in [2.45, 2.75) is 6.42 Å². The Labute approximate surface area is 98.1 Å². The Hall–Kier alpha value is -1.81. The van der Waals surface area contributed by atoms with Crippen molar-refractivity contribution in [3.05, 3.63) is 53.7 Å². The van der Waals surface area contributed by atoms with E-state index in [0.717, 1.165) is 24.1 Å². The Morgan fingerprint density at radius 1 is 1.06 bits per heavy atom. The molecule has 2 N–H and O–H groups in total. The molecule has 0 fully saturated rings.